The van der Waals surface area contributed by atoms with E-state index in [1.807, 2.05) is 90.1 Å². The van der Waals surface area contributed by atoms with Gasteiger partial charge in [-0.15, -0.1) is 0 Å². The van der Waals surface area contributed by atoms with Gasteiger partial charge in [0.05, 0.1) is 75.5 Å². The van der Waals surface area contributed by atoms with E-state index in [4.69, 9.17) is 14.2 Å². The number of benzene rings is 6. The van der Waals surface area contributed by atoms with Gasteiger partial charge in [-0.05, 0) is 258 Å². The van der Waals surface area contributed by atoms with E-state index in [9.17, 15) is 95.3 Å². The Morgan fingerprint density at radius 1 is 0.372 bits per heavy atom. The highest BCUT2D eigenvalue weighted by Gasteiger charge is 2.72. The van der Waals surface area contributed by atoms with Crippen molar-refractivity contribution in [3.63, 3.8) is 0 Å². The standard InChI is InChI=1S/2C24H25O2S.C21H27F7O6.C21H27F7O5/c2*1-4-24(2,3)23(25)26-19-15-17-22(18-16-19)27(20-11-7-5-8-12-20)21-13-9-6-10-14-21;1-3-32-15(30)20(21(26,27)28,33-5-4-19(24,25)16(2,22)23)34-14(29)17-7-12-6-13(8-17)10-18(31,9-12)11-17;1-3-31-16(30)20(21(26,27)28,32-5-4-19(24,25)17(2,22)23)33-15(29)18-9-12-6-13(10-18)8-14(7-12)11-18/h2*5-18H,4H2,1-3H3;12-13,31H,3-11H2,1-2H3;12-14H,3-11H2,1-2H3/q2*+1;;. The van der Waals surface area contributed by atoms with Crippen molar-refractivity contribution in [1.82, 2.24) is 0 Å². The molecule has 662 valence electrons. The normalized spacial score (nSPS) is 22.9. The number of rotatable bonds is 30. The van der Waals surface area contributed by atoms with Crippen molar-refractivity contribution in [2.24, 2.45) is 51.2 Å². The number of carbonyl (C=O) groups excluding carboxylic acids is 6. The van der Waals surface area contributed by atoms with Gasteiger partial charge in [0.1, 0.15) is 11.5 Å². The maximum absolute atomic E-state index is 14.1. The number of ether oxygens (including phenoxy) is 8. The van der Waals surface area contributed by atoms with Crippen molar-refractivity contribution in [2.75, 3.05) is 26.4 Å². The molecule has 0 radical (unpaired) electrons. The highest BCUT2D eigenvalue weighted by atomic mass is 32.2. The summed E-state index contributed by atoms with van der Waals surface area (Å²) in [5.74, 6) is -33.5. The average Bonchev–Trinajstić information content (AvgIpc) is 0.725. The summed E-state index contributed by atoms with van der Waals surface area (Å²) in [6, 6.07) is 57.8. The molecule has 4 atom stereocenters. The maximum Gasteiger partial charge on any atom is 0.468 e. The monoisotopic (exact) mass is 1750 g/mol. The molecule has 4 unspecified atom stereocenters. The lowest BCUT2D eigenvalue weighted by Crippen LogP contribution is -2.63. The Bertz CT molecular complexity index is 4170. The molecule has 8 fully saturated rings. The number of aliphatic hydroxyl groups is 1. The Morgan fingerprint density at radius 2 is 0.645 bits per heavy atom. The number of hydrogen-bond donors (Lipinski definition) is 1. The number of esters is 6. The second-order valence-corrected chi connectivity index (χ2v) is 37.6. The van der Waals surface area contributed by atoms with Crippen molar-refractivity contribution >= 4 is 57.6 Å². The molecule has 121 heavy (non-hydrogen) atoms. The second-order valence-electron chi connectivity index (χ2n) is 33.6. The van der Waals surface area contributed by atoms with E-state index in [1.165, 1.54) is 36.3 Å². The highest BCUT2D eigenvalue weighted by Crippen LogP contribution is 2.64. The molecule has 15 nitrogen and oxygen atoms in total. The first-order valence-corrected chi connectivity index (χ1v) is 42.7. The lowest BCUT2D eigenvalue weighted by molar-refractivity contribution is -0.362. The third-order valence-corrected chi connectivity index (χ3v) is 27.8. The van der Waals surface area contributed by atoms with Crippen LogP contribution in [0.2, 0.25) is 0 Å². The number of hydrogen-bond acceptors (Lipinski definition) is 15. The van der Waals surface area contributed by atoms with Crippen molar-refractivity contribution in [2.45, 2.75) is 255 Å². The lowest BCUT2D eigenvalue weighted by atomic mass is 9.48. The summed E-state index contributed by atoms with van der Waals surface area (Å²) < 4.78 is 229. The molecule has 0 amide bonds. The molecule has 8 aliphatic carbocycles. The van der Waals surface area contributed by atoms with Crippen molar-refractivity contribution in [3.05, 3.63) is 170 Å². The van der Waals surface area contributed by atoms with Gasteiger partial charge in [-0.1, -0.05) is 86.6 Å². The van der Waals surface area contributed by atoms with Gasteiger partial charge in [-0.25, -0.2) is 27.2 Å². The van der Waals surface area contributed by atoms with Crippen LogP contribution in [0.1, 0.15) is 172 Å². The largest absolute Gasteiger partial charge is 0.468 e. The maximum atomic E-state index is 14.1. The first kappa shape index (κ1) is 96.6. The third-order valence-electron chi connectivity index (χ3n) is 23.3. The first-order valence-electron chi connectivity index (χ1n) is 40.3. The van der Waals surface area contributed by atoms with Crippen LogP contribution in [0.4, 0.5) is 61.5 Å². The molecule has 1 N–H and O–H groups in total. The second kappa shape index (κ2) is 38.5. The molecule has 8 aliphatic rings. The highest BCUT2D eigenvalue weighted by molar-refractivity contribution is 7.97. The van der Waals surface area contributed by atoms with Gasteiger partial charge in [-0.3, -0.25) is 19.2 Å². The van der Waals surface area contributed by atoms with E-state index >= 15 is 0 Å². The van der Waals surface area contributed by atoms with Gasteiger partial charge in [0.15, 0.2) is 29.4 Å². The molecule has 14 rings (SSSR count). The zero-order valence-electron chi connectivity index (χ0n) is 69.0. The predicted octanol–water partition coefficient (Wildman–Crippen LogP) is 21.9. The summed E-state index contributed by atoms with van der Waals surface area (Å²) in [4.78, 5) is 83.0. The zero-order chi connectivity index (χ0) is 89.2. The van der Waals surface area contributed by atoms with Gasteiger partial charge in [-0.2, -0.15) is 43.9 Å². The molecule has 0 aliphatic heterocycles. The van der Waals surface area contributed by atoms with Crippen LogP contribution in [0.3, 0.4) is 0 Å². The minimum atomic E-state index is -5.78. The molecule has 0 aromatic heterocycles. The van der Waals surface area contributed by atoms with Gasteiger partial charge in [0, 0.05) is 26.7 Å². The Balaban J connectivity index is 0.000000184. The summed E-state index contributed by atoms with van der Waals surface area (Å²) >= 11 is 0. The smallest absolute Gasteiger partial charge is 0.461 e. The third kappa shape index (κ3) is 22.8. The topological polar surface area (TPSA) is 196 Å². The fourth-order valence-electron chi connectivity index (χ4n) is 16.7. The Hall–Kier alpha value is -8.26. The van der Waals surface area contributed by atoms with Gasteiger partial charge in [0.25, 0.3) is 0 Å². The summed E-state index contributed by atoms with van der Waals surface area (Å²) in [6.07, 6.45) is -8.69. The summed E-state index contributed by atoms with van der Waals surface area (Å²) in [5, 5.41) is 10.8. The SMILES string of the molecule is CCC(C)(C)C(=O)Oc1ccc([S+](c2ccccc2)c2ccccc2)cc1.CCC(C)(C)C(=O)Oc1ccc([S+](c2ccccc2)c2ccccc2)cc1.CCOC(=O)C(OCCC(F)(F)C(C)(F)F)(OC(=O)C12CC3CC(CC(C3)C1)C2)C(F)(F)F.CCOC(=O)C(OCCC(F)(F)C(C)(F)F)(OC(=O)C12CC3CC(CC(O)(C3)C1)C2)C(F)(F)F. The van der Waals surface area contributed by atoms with E-state index in [0.29, 0.717) is 50.0 Å². The Morgan fingerprint density at radius 3 is 0.909 bits per heavy atom. The minimum absolute atomic E-state index is 0.0948. The van der Waals surface area contributed by atoms with E-state index in [0.717, 1.165) is 39.0 Å². The molecule has 6 aromatic rings. The fourth-order valence-corrected chi connectivity index (χ4v) is 20.9. The molecule has 8 saturated carbocycles. The number of carbonyl (C=O) groups is 6. The molecule has 6 aromatic carbocycles. The quantitative estimate of drug-likeness (QED) is 0.0112. The van der Waals surface area contributed by atoms with Crippen molar-refractivity contribution in [3.8, 4) is 11.5 Å². The van der Waals surface area contributed by atoms with Crippen molar-refractivity contribution < 1.29 is 133 Å². The molecule has 8 bridgehead atoms. The number of halogens is 14. The first-order chi connectivity index (χ1) is 56.5. The van der Waals surface area contributed by atoms with E-state index < -0.39 is 138 Å². The van der Waals surface area contributed by atoms with Crippen LogP contribution in [0.15, 0.2) is 199 Å². The average molecular weight is 1760 g/mol. The lowest BCUT2D eigenvalue weighted by Gasteiger charge is -2.59. The van der Waals surface area contributed by atoms with Crippen LogP contribution in [-0.4, -0.2) is 121 Å². The van der Waals surface area contributed by atoms with E-state index in [2.05, 4.69) is 145 Å². The van der Waals surface area contributed by atoms with Crippen LogP contribution < -0.4 is 9.47 Å². The summed E-state index contributed by atoms with van der Waals surface area (Å²) in [6.45, 7) is 9.27. The van der Waals surface area contributed by atoms with Crippen LogP contribution in [-0.2, 0) is 79.0 Å². The molecule has 0 saturated heterocycles. The molecular formula is C90H104F14O15S2+2. The van der Waals surface area contributed by atoms with Crippen LogP contribution in [0.25, 0.3) is 0 Å². The predicted molar refractivity (Wildman–Crippen MR) is 420 cm³/mol. The van der Waals surface area contributed by atoms with Crippen molar-refractivity contribution in [1.29, 1.82) is 0 Å². The van der Waals surface area contributed by atoms with Gasteiger partial charge >= 0.3 is 83.4 Å². The van der Waals surface area contributed by atoms with Crippen LogP contribution in [0.5, 0.6) is 11.5 Å². The molecular weight excluding hydrogens is 1650 g/mol. The zero-order valence-corrected chi connectivity index (χ0v) is 70.6. The van der Waals surface area contributed by atoms with Gasteiger partial charge in [0.2, 0.25) is 0 Å². The Labute approximate surface area is 701 Å². The van der Waals surface area contributed by atoms with Gasteiger partial charge < -0.3 is 43.0 Å². The molecule has 0 spiro atoms. The van der Waals surface area contributed by atoms with Crippen LogP contribution >= 0.6 is 0 Å². The Kier molecular flexibility index (Phi) is 30.7. The van der Waals surface area contributed by atoms with E-state index in [1.54, 1.807) is 0 Å². The molecule has 0 heterocycles. The van der Waals surface area contributed by atoms with E-state index in [-0.39, 0.29) is 96.4 Å². The molecule has 31 heteroatoms. The fraction of sp³-hybridized carbons (Fsp3) is 0.533. The van der Waals surface area contributed by atoms with Crippen LogP contribution in [0, 0.1) is 51.2 Å². The minimum Gasteiger partial charge on any atom is -0.461 e. The summed E-state index contributed by atoms with van der Waals surface area (Å²) in [7, 11) is -0.390. The summed E-state index contributed by atoms with van der Waals surface area (Å²) in [5.41, 5.74) is -4.97. The number of alkyl halides is 14.